The molecule has 0 unspecified atom stereocenters. The molecule has 110 valence electrons. The number of carbonyl (C=O) groups is 1. The lowest BCUT2D eigenvalue weighted by atomic mass is 10.2. The Labute approximate surface area is 114 Å². The fourth-order valence-corrected chi connectivity index (χ4v) is 3.71. The minimum absolute atomic E-state index is 0.0131. The fraction of sp³-hybridized carbons (Fsp3) is 0.917. The van der Waals surface area contributed by atoms with Crippen LogP contribution in [0.2, 0.25) is 0 Å². The normalized spacial score (nSPS) is 26.1. The predicted octanol–water partition coefficient (Wildman–Crippen LogP) is 0.0478. The highest BCUT2D eigenvalue weighted by atomic mass is 32.2. The monoisotopic (exact) mass is 290 g/mol. The van der Waals surface area contributed by atoms with E-state index in [1.807, 2.05) is 0 Å². The molecule has 6 nitrogen and oxygen atoms in total. The Balaban J connectivity index is 1.90. The first kappa shape index (κ1) is 14.7. The molecule has 2 rings (SSSR count). The summed E-state index contributed by atoms with van der Waals surface area (Å²) in [5, 5.41) is -0.409. The number of amides is 1. The first-order valence-electron chi connectivity index (χ1n) is 6.82. The minimum Gasteiger partial charge on any atom is -0.368 e. The molecule has 1 atom stereocenters. The second-order valence-electron chi connectivity index (χ2n) is 5.32. The molecular weight excluding hydrogens is 268 g/mol. The van der Waals surface area contributed by atoms with Crippen molar-refractivity contribution in [2.75, 3.05) is 32.8 Å². The number of ether oxygens (including phenoxy) is 1. The molecule has 0 saturated carbocycles. The van der Waals surface area contributed by atoms with Crippen molar-refractivity contribution in [3.8, 4) is 0 Å². The van der Waals surface area contributed by atoms with Crippen LogP contribution < -0.4 is 0 Å². The van der Waals surface area contributed by atoms with Crippen LogP contribution in [0.1, 0.15) is 26.7 Å². The van der Waals surface area contributed by atoms with Crippen molar-refractivity contribution in [2.45, 2.75) is 38.0 Å². The maximum absolute atomic E-state index is 12.1. The summed E-state index contributed by atoms with van der Waals surface area (Å²) in [5.41, 5.74) is 0. The lowest BCUT2D eigenvalue weighted by Gasteiger charge is -2.35. The zero-order chi connectivity index (χ0) is 14.0. The zero-order valence-corrected chi connectivity index (χ0v) is 12.4. The molecule has 19 heavy (non-hydrogen) atoms. The number of hydrogen-bond donors (Lipinski definition) is 0. The summed E-state index contributed by atoms with van der Waals surface area (Å²) in [6.45, 7) is 5.71. The van der Waals surface area contributed by atoms with Gasteiger partial charge in [0.2, 0.25) is 10.0 Å². The third kappa shape index (κ3) is 3.09. The van der Waals surface area contributed by atoms with E-state index in [9.17, 15) is 13.2 Å². The van der Waals surface area contributed by atoms with Crippen LogP contribution in [-0.2, 0) is 19.6 Å². The van der Waals surface area contributed by atoms with Gasteiger partial charge in [-0.15, -0.1) is 0 Å². The Morgan fingerprint density at radius 3 is 2.32 bits per heavy atom. The van der Waals surface area contributed by atoms with Crippen molar-refractivity contribution in [1.29, 1.82) is 0 Å². The van der Waals surface area contributed by atoms with E-state index in [4.69, 9.17) is 4.74 Å². The molecule has 0 aromatic heterocycles. The maximum atomic E-state index is 12.1. The highest BCUT2D eigenvalue weighted by Gasteiger charge is 2.34. The van der Waals surface area contributed by atoms with Crippen LogP contribution in [-0.4, -0.2) is 67.7 Å². The number of carbonyl (C=O) groups excluding carboxylic acids is 1. The van der Waals surface area contributed by atoms with Crippen LogP contribution in [0.15, 0.2) is 0 Å². The van der Waals surface area contributed by atoms with Gasteiger partial charge in [0.25, 0.3) is 5.91 Å². The van der Waals surface area contributed by atoms with Crippen molar-refractivity contribution in [3.05, 3.63) is 0 Å². The number of rotatable bonds is 3. The average molecular weight is 290 g/mol. The quantitative estimate of drug-likeness (QED) is 0.736. The maximum Gasteiger partial charge on any atom is 0.251 e. The van der Waals surface area contributed by atoms with E-state index in [1.54, 1.807) is 18.7 Å². The molecule has 1 amide bonds. The summed E-state index contributed by atoms with van der Waals surface area (Å²) >= 11 is 0. The Morgan fingerprint density at radius 2 is 1.84 bits per heavy atom. The van der Waals surface area contributed by atoms with Crippen LogP contribution in [0, 0.1) is 0 Å². The van der Waals surface area contributed by atoms with Crippen molar-refractivity contribution < 1.29 is 17.9 Å². The van der Waals surface area contributed by atoms with Crippen molar-refractivity contribution >= 4 is 15.9 Å². The molecule has 2 heterocycles. The van der Waals surface area contributed by atoms with Crippen LogP contribution in [0.5, 0.6) is 0 Å². The smallest absolute Gasteiger partial charge is 0.251 e. The van der Waals surface area contributed by atoms with E-state index in [1.165, 1.54) is 4.31 Å². The van der Waals surface area contributed by atoms with Gasteiger partial charge in [0, 0.05) is 32.8 Å². The molecule has 0 aromatic carbocycles. The molecule has 2 saturated heterocycles. The van der Waals surface area contributed by atoms with E-state index >= 15 is 0 Å². The molecule has 0 bridgehead atoms. The Kier molecular flexibility index (Phi) is 4.47. The number of nitrogens with zero attached hydrogens (tertiary/aromatic N) is 2. The summed E-state index contributed by atoms with van der Waals surface area (Å²) in [6.07, 6.45) is 1.40. The average Bonchev–Trinajstić information content (AvgIpc) is 2.91. The summed E-state index contributed by atoms with van der Waals surface area (Å²) in [4.78, 5) is 13.8. The van der Waals surface area contributed by atoms with Gasteiger partial charge in [-0.2, -0.15) is 4.31 Å². The summed E-state index contributed by atoms with van der Waals surface area (Å²) in [6, 6.07) is 0. The Morgan fingerprint density at radius 1 is 1.21 bits per heavy atom. The highest BCUT2D eigenvalue weighted by Crippen LogP contribution is 2.17. The van der Waals surface area contributed by atoms with Crippen molar-refractivity contribution in [1.82, 2.24) is 9.21 Å². The zero-order valence-electron chi connectivity index (χ0n) is 11.5. The number of hydrogen-bond acceptors (Lipinski definition) is 4. The molecular formula is C12H22N2O4S. The van der Waals surface area contributed by atoms with Crippen LogP contribution in [0.4, 0.5) is 0 Å². The predicted molar refractivity (Wildman–Crippen MR) is 71.2 cm³/mol. The van der Waals surface area contributed by atoms with Gasteiger partial charge in [-0.05, 0) is 26.7 Å². The number of sulfonamides is 1. The van der Waals surface area contributed by atoms with Gasteiger partial charge >= 0.3 is 0 Å². The van der Waals surface area contributed by atoms with E-state index in [0.29, 0.717) is 32.8 Å². The third-order valence-corrected chi connectivity index (χ3v) is 5.99. The van der Waals surface area contributed by atoms with E-state index in [-0.39, 0.29) is 12.0 Å². The molecule has 2 aliphatic rings. The topological polar surface area (TPSA) is 66.9 Å². The lowest BCUT2D eigenvalue weighted by molar-refractivity contribution is -0.142. The van der Waals surface area contributed by atoms with Gasteiger partial charge in [-0.25, -0.2) is 8.42 Å². The molecule has 0 radical (unpaired) electrons. The highest BCUT2D eigenvalue weighted by molar-refractivity contribution is 7.89. The molecule has 0 spiro atoms. The standard InChI is InChI=1S/C12H22N2O4S/c1-10(2)19(16,17)14-7-5-13(6-8-14)12(15)11-4-3-9-18-11/h10-11H,3-9H2,1-2H3/t11-/m0/s1. The Bertz CT molecular complexity index is 421. The summed E-state index contributed by atoms with van der Waals surface area (Å²) < 4.78 is 30.9. The van der Waals surface area contributed by atoms with Gasteiger partial charge in [0.1, 0.15) is 6.10 Å². The largest absolute Gasteiger partial charge is 0.368 e. The minimum atomic E-state index is -3.20. The first-order valence-corrected chi connectivity index (χ1v) is 8.32. The Hall–Kier alpha value is -0.660. The third-order valence-electron chi connectivity index (χ3n) is 3.71. The second kappa shape index (κ2) is 5.76. The van der Waals surface area contributed by atoms with Crippen LogP contribution in [0.3, 0.4) is 0 Å². The molecule has 7 heteroatoms. The molecule has 0 aromatic rings. The van der Waals surface area contributed by atoms with Gasteiger partial charge in [-0.3, -0.25) is 4.79 Å². The molecule has 2 aliphatic heterocycles. The summed E-state index contributed by atoms with van der Waals surface area (Å²) in [5.74, 6) is 0.0131. The van der Waals surface area contributed by atoms with Crippen molar-refractivity contribution in [3.63, 3.8) is 0 Å². The van der Waals surface area contributed by atoms with Gasteiger partial charge in [0.05, 0.1) is 5.25 Å². The second-order valence-corrected chi connectivity index (χ2v) is 7.81. The van der Waals surface area contributed by atoms with Gasteiger partial charge in [0.15, 0.2) is 0 Å². The van der Waals surface area contributed by atoms with Crippen LogP contribution in [0.25, 0.3) is 0 Å². The van der Waals surface area contributed by atoms with Crippen molar-refractivity contribution in [2.24, 2.45) is 0 Å². The summed E-state index contributed by atoms with van der Waals surface area (Å²) in [7, 11) is -3.20. The number of piperazine rings is 1. The van der Waals surface area contributed by atoms with Crippen LogP contribution >= 0.6 is 0 Å². The van der Waals surface area contributed by atoms with E-state index in [0.717, 1.165) is 12.8 Å². The SMILES string of the molecule is CC(C)S(=O)(=O)N1CCN(C(=O)[C@@H]2CCCO2)CC1. The molecule has 0 N–H and O–H groups in total. The van der Waals surface area contributed by atoms with E-state index < -0.39 is 15.3 Å². The lowest BCUT2D eigenvalue weighted by Crippen LogP contribution is -2.53. The molecule has 0 aliphatic carbocycles. The van der Waals surface area contributed by atoms with Gasteiger partial charge in [-0.1, -0.05) is 0 Å². The van der Waals surface area contributed by atoms with Gasteiger partial charge < -0.3 is 9.64 Å². The molecule has 2 fully saturated rings. The first-order chi connectivity index (χ1) is 8.93. The van der Waals surface area contributed by atoms with E-state index in [2.05, 4.69) is 0 Å². The fourth-order valence-electron chi connectivity index (χ4n) is 2.44.